The Hall–Kier alpha value is -2.56. The summed E-state index contributed by atoms with van der Waals surface area (Å²) < 4.78 is 1.90. The maximum absolute atomic E-state index is 12.3. The minimum atomic E-state index is -0.0273. The van der Waals surface area contributed by atoms with E-state index in [0.717, 1.165) is 35.4 Å². The number of aromatic nitrogens is 3. The van der Waals surface area contributed by atoms with Crippen LogP contribution in [0.25, 0.3) is 11.0 Å². The molecule has 112 valence electrons. The molecular formula is C17H18N4O. The van der Waals surface area contributed by atoms with Gasteiger partial charge in [-0.1, -0.05) is 31.0 Å². The summed E-state index contributed by atoms with van der Waals surface area (Å²) in [7, 11) is 0. The Bertz CT molecular complexity index is 844. The van der Waals surface area contributed by atoms with Gasteiger partial charge in [-0.2, -0.15) is 0 Å². The average molecular weight is 294 g/mol. The highest BCUT2D eigenvalue weighted by Crippen LogP contribution is 2.31. The molecule has 1 aliphatic carbocycles. The first-order chi connectivity index (χ1) is 10.8. The summed E-state index contributed by atoms with van der Waals surface area (Å²) in [4.78, 5) is 19.6. The maximum atomic E-state index is 12.3. The molecule has 5 heteroatoms. The molecular weight excluding hydrogens is 276 g/mol. The second kappa shape index (κ2) is 5.33. The van der Waals surface area contributed by atoms with Crippen molar-refractivity contribution in [3.8, 4) is 0 Å². The lowest BCUT2D eigenvalue weighted by Gasteiger charge is -2.12. The molecule has 2 N–H and O–H groups in total. The Kier molecular flexibility index (Phi) is 3.18. The van der Waals surface area contributed by atoms with Crippen LogP contribution in [0, 0.1) is 0 Å². The van der Waals surface area contributed by atoms with E-state index in [2.05, 4.69) is 15.3 Å². The number of para-hydroxylation sites is 1. The van der Waals surface area contributed by atoms with Crippen LogP contribution >= 0.6 is 0 Å². The molecule has 1 aliphatic rings. The molecule has 1 saturated carbocycles. The standard InChI is InChI=1S/C17H18N4O/c22-17-20-14-11-18-16(19-12-6-2-1-3-7-12)10-15(14)21(17)13-8-4-5-9-13/h1-3,6-7,10-11,13H,4-5,8-9H2,(H,18,19)(H,20,22). The Morgan fingerprint density at radius 3 is 2.73 bits per heavy atom. The molecule has 22 heavy (non-hydrogen) atoms. The van der Waals surface area contributed by atoms with Crippen molar-refractivity contribution in [2.45, 2.75) is 31.7 Å². The molecule has 0 bridgehead atoms. The second-order valence-electron chi connectivity index (χ2n) is 5.82. The first-order valence-corrected chi connectivity index (χ1v) is 7.73. The van der Waals surface area contributed by atoms with Crippen LogP contribution in [0.1, 0.15) is 31.7 Å². The number of imidazole rings is 1. The molecule has 1 fully saturated rings. The fourth-order valence-electron chi connectivity index (χ4n) is 3.29. The van der Waals surface area contributed by atoms with Crippen molar-refractivity contribution < 1.29 is 0 Å². The third-order valence-corrected chi connectivity index (χ3v) is 4.34. The molecule has 3 aromatic rings. The topological polar surface area (TPSA) is 62.7 Å². The van der Waals surface area contributed by atoms with Crippen LogP contribution in [-0.4, -0.2) is 14.5 Å². The number of fused-ring (bicyclic) bond motifs is 1. The smallest absolute Gasteiger partial charge is 0.326 e. The average Bonchev–Trinajstić information content (AvgIpc) is 3.14. The van der Waals surface area contributed by atoms with Crippen LogP contribution in [0.15, 0.2) is 47.4 Å². The summed E-state index contributed by atoms with van der Waals surface area (Å²) in [6.07, 6.45) is 6.29. The van der Waals surface area contributed by atoms with Gasteiger partial charge in [0.2, 0.25) is 0 Å². The Morgan fingerprint density at radius 1 is 1.18 bits per heavy atom. The van der Waals surface area contributed by atoms with Gasteiger partial charge in [-0.3, -0.25) is 4.57 Å². The van der Waals surface area contributed by atoms with E-state index in [9.17, 15) is 4.79 Å². The van der Waals surface area contributed by atoms with Gasteiger partial charge in [0.15, 0.2) is 0 Å². The highest BCUT2D eigenvalue weighted by atomic mass is 16.1. The monoisotopic (exact) mass is 294 g/mol. The highest BCUT2D eigenvalue weighted by molar-refractivity contribution is 5.78. The predicted molar refractivity (Wildman–Crippen MR) is 87.6 cm³/mol. The highest BCUT2D eigenvalue weighted by Gasteiger charge is 2.21. The number of H-pyrrole nitrogens is 1. The number of nitrogens with one attached hydrogen (secondary N) is 2. The summed E-state index contributed by atoms with van der Waals surface area (Å²) >= 11 is 0. The van der Waals surface area contributed by atoms with Crippen molar-refractivity contribution in [3.63, 3.8) is 0 Å². The molecule has 2 aromatic heterocycles. The van der Waals surface area contributed by atoms with E-state index < -0.39 is 0 Å². The number of hydrogen-bond acceptors (Lipinski definition) is 3. The normalized spacial score (nSPS) is 15.5. The van der Waals surface area contributed by atoms with Gasteiger partial charge in [0.25, 0.3) is 0 Å². The number of pyridine rings is 1. The molecule has 5 nitrogen and oxygen atoms in total. The molecule has 2 heterocycles. The SMILES string of the molecule is O=c1[nH]c2cnc(Nc3ccccc3)cc2n1C1CCCC1. The fourth-order valence-corrected chi connectivity index (χ4v) is 3.29. The zero-order valence-electron chi connectivity index (χ0n) is 12.2. The second-order valence-corrected chi connectivity index (χ2v) is 5.82. The van der Waals surface area contributed by atoms with Crippen LogP contribution < -0.4 is 11.0 Å². The van der Waals surface area contributed by atoms with Gasteiger partial charge in [0.05, 0.1) is 17.2 Å². The number of rotatable bonds is 3. The number of aromatic amines is 1. The fraction of sp³-hybridized carbons (Fsp3) is 0.294. The van der Waals surface area contributed by atoms with Crippen LogP contribution in [0.5, 0.6) is 0 Å². The quantitative estimate of drug-likeness (QED) is 0.776. The summed E-state index contributed by atoms with van der Waals surface area (Å²) in [5.41, 5.74) is 2.70. The molecule has 0 unspecified atom stereocenters. The molecule has 0 amide bonds. The van der Waals surface area contributed by atoms with Crippen molar-refractivity contribution in [3.05, 3.63) is 53.1 Å². The summed E-state index contributed by atoms with van der Waals surface area (Å²) in [6.45, 7) is 0. The first-order valence-electron chi connectivity index (χ1n) is 7.73. The first kappa shape index (κ1) is 13.1. The maximum Gasteiger partial charge on any atom is 0.326 e. The molecule has 0 saturated heterocycles. The zero-order chi connectivity index (χ0) is 14.9. The van der Waals surface area contributed by atoms with Crippen molar-refractivity contribution in [2.75, 3.05) is 5.32 Å². The van der Waals surface area contributed by atoms with E-state index in [1.165, 1.54) is 12.8 Å². The number of benzene rings is 1. The van der Waals surface area contributed by atoms with Gasteiger partial charge in [0, 0.05) is 17.8 Å². The van der Waals surface area contributed by atoms with Crippen LogP contribution in [0.3, 0.4) is 0 Å². The Labute approximate surface area is 128 Å². The van der Waals surface area contributed by atoms with Crippen molar-refractivity contribution in [1.82, 2.24) is 14.5 Å². The van der Waals surface area contributed by atoms with E-state index in [-0.39, 0.29) is 5.69 Å². The third kappa shape index (κ3) is 2.28. The minimum Gasteiger partial charge on any atom is -0.340 e. The van der Waals surface area contributed by atoms with Crippen molar-refractivity contribution >= 4 is 22.5 Å². The summed E-state index contributed by atoms with van der Waals surface area (Å²) in [5, 5.41) is 3.28. The predicted octanol–water partition coefficient (Wildman–Crippen LogP) is 3.58. The van der Waals surface area contributed by atoms with Crippen LogP contribution in [0.4, 0.5) is 11.5 Å². The molecule has 0 atom stereocenters. The van der Waals surface area contributed by atoms with Gasteiger partial charge in [-0.25, -0.2) is 9.78 Å². The van der Waals surface area contributed by atoms with Crippen LogP contribution in [0.2, 0.25) is 0 Å². The van der Waals surface area contributed by atoms with Crippen LogP contribution in [-0.2, 0) is 0 Å². The van der Waals surface area contributed by atoms with E-state index in [4.69, 9.17) is 0 Å². The molecule has 0 aliphatic heterocycles. The molecule has 0 spiro atoms. The lowest BCUT2D eigenvalue weighted by Crippen LogP contribution is -2.20. The van der Waals surface area contributed by atoms with Gasteiger partial charge >= 0.3 is 5.69 Å². The van der Waals surface area contributed by atoms with Gasteiger partial charge in [-0.05, 0) is 25.0 Å². The number of nitrogens with zero attached hydrogens (tertiary/aromatic N) is 2. The number of hydrogen-bond donors (Lipinski definition) is 2. The Morgan fingerprint density at radius 2 is 1.95 bits per heavy atom. The van der Waals surface area contributed by atoms with Gasteiger partial charge in [-0.15, -0.1) is 0 Å². The molecule has 1 aromatic carbocycles. The lowest BCUT2D eigenvalue weighted by atomic mass is 10.2. The van der Waals surface area contributed by atoms with E-state index in [1.54, 1.807) is 6.20 Å². The summed E-state index contributed by atoms with van der Waals surface area (Å²) in [5.74, 6) is 0.754. The van der Waals surface area contributed by atoms with E-state index in [0.29, 0.717) is 6.04 Å². The Balaban J connectivity index is 1.76. The van der Waals surface area contributed by atoms with Crippen molar-refractivity contribution in [1.29, 1.82) is 0 Å². The third-order valence-electron chi connectivity index (χ3n) is 4.34. The van der Waals surface area contributed by atoms with E-state index in [1.807, 2.05) is 41.0 Å². The van der Waals surface area contributed by atoms with Gasteiger partial charge in [0.1, 0.15) is 5.82 Å². The number of anilines is 2. The van der Waals surface area contributed by atoms with Gasteiger partial charge < -0.3 is 10.3 Å². The van der Waals surface area contributed by atoms with E-state index >= 15 is 0 Å². The largest absolute Gasteiger partial charge is 0.340 e. The molecule has 0 radical (unpaired) electrons. The van der Waals surface area contributed by atoms with Crippen molar-refractivity contribution in [2.24, 2.45) is 0 Å². The lowest BCUT2D eigenvalue weighted by molar-refractivity contribution is 0.518. The summed E-state index contributed by atoms with van der Waals surface area (Å²) in [6, 6.07) is 12.2. The zero-order valence-corrected chi connectivity index (χ0v) is 12.2. The minimum absolute atomic E-state index is 0.0273. The molecule has 4 rings (SSSR count).